The van der Waals surface area contributed by atoms with E-state index in [-0.39, 0.29) is 24.0 Å². The van der Waals surface area contributed by atoms with E-state index in [1.165, 1.54) is 84.1 Å². The van der Waals surface area contributed by atoms with Gasteiger partial charge in [0.2, 0.25) is 0 Å². The lowest BCUT2D eigenvalue weighted by Gasteiger charge is -2.19. The number of rotatable bonds is 10. The standard InChI is InChI=1S/C21H43N5.HI/c1-3-22-21(23-13-7-6-12-20-10-4-5-11-20)24-14-8-16-26-17-9-15-25(2)18-19-26;/h20H,3-19H2,1-2H3,(H2,22,23,24);1H. The summed E-state index contributed by atoms with van der Waals surface area (Å²) in [6.45, 7) is 11.1. The van der Waals surface area contributed by atoms with Gasteiger partial charge in [0.25, 0.3) is 0 Å². The fourth-order valence-electron chi connectivity index (χ4n) is 4.21. The van der Waals surface area contributed by atoms with Gasteiger partial charge in [-0.25, -0.2) is 0 Å². The molecule has 0 radical (unpaired) electrons. The van der Waals surface area contributed by atoms with Crippen LogP contribution in [-0.4, -0.2) is 75.2 Å². The molecule has 6 heteroatoms. The normalized spacial score (nSPS) is 20.3. The SMILES string of the molecule is CCNC(=NCCCN1CCCN(C)CC1)NCCCCC1CCCC1.I. The third-order valence-electron chi connectivity index (χ3n) is 5.87. The predicted octanol–water partition coefficient (Wildman–Crippen LogP) is 3.55. The lowest BCUT2D eigenvalue weighted by Crippen LogP contribution is -2.38. The lowest BCUT2D eigenvalue weighted by atomic mass is 10.0. The molecule has 1 saturated heterocycles. The zero-order valence-electron chi connectivity index (χ0n) is 17.8. The Hall–Kier alpha value is -0.0800. The molecule has 2 rings (SSSR count). The first-order valence-corrected chi connectivity index (χ1v) is 11.2. The van der Waals surface area contributed by atoms with E-state index in [1.54, 1.807) is 0 Å². The summed E-state index contributed by atoms with van der Waals surface area (Å²) in [6.07, 6.45) is 12.4. The number of nitrogens with one attached hydrogen (secondary N) is 2. The Morgan fingerprint density at radius 3 is 2.56 bits per heavy atom. The Bertz CT molecular complexity index is 385. The quantitative estimate of drug-likeness (QED) is 0.212. The van der Waals surface area contributed by atoms with Crippen molar-refractivity contribution in [2.75, 3.05) is 59.4 Å². The number of halogens is 1. The summed E-state index contributed by atoms with van der Waals surface area (Å²) in [5, 5.41) is 6.91. The van der Waals surface area contributed by atoms with Crippen LogP contribution in [0.1, 0.15) is 64.7 Å². The number of hydrogen-bond acceptors (Lipinski definition) is 3. The summed E-state index contributed by atoms with van der Waals surface area (Å²) in [5.41, 5.74) is 0. The number of unbranched alkanes of at least 4 members (excludes halogenated alkanes) is 1. The Morgan fingerprint density at radius 2 is 1.78 bits per heavy atom. The van der Waals surface area contributed by atoms with E-state index in [9.17, 15) is 0 Å². The van der Waals surface area contributed by atoms with Crippen molar-refractivity contribution in [3.8, 4) is 0 Å². The molecular formula is C21H44IN5. The van der Waals surface area contributed by atoms with Crippen LogP contribution in [-0.2, 0) is 0 Å². The molecule has 1 saturated carbocycles. The largest absolute Gasteiger partial charge is 0.357 e. The Morgan fingerprint density at radius 1 is 0.963 bits per heavy atom. The van der Waals surface area contributed by atoms with Gasteiger partial charge < -0.3 is 20.4 Å². The maximum atomic E-state index is 4.77. The van der Waals surface area contributed by atoms with Gasteiger partial charge in [-0.15, -0.1) is 24.0 Å². The maximum absolute atomic E-state index is 4.77. The van der Waals surface area contributed by atoms with Gasteiger partial charge in [-0.3, -0.25) is 4.99 Å². The van der Waals surface area contributed by atoms with Crippen LogP contribution in [0.4, 0.5) is 0 Å². The topological polar surface area (TPSA) is 42.9 Å². The second-order valence-corrected chi connectivity index (χ2v) is 8.19. The maximum Gasteiger partial charge on any atom is 0.191 e. The molecule has 0 bridgehead atoms. The van der Waals surface area contributed by atoms with Gasteiger partial charge >= 0.3 is 0 Å². The third-order valence-corrected chi connectivity index (χ3v) is 5.87. The van der Waals surface area contributed by atoms with Crippen molar-refractivity contribution >= 4 is 29.9 Å². The van der Waals surface area contributed by atoms with Gasteiger partial charge in [-0.1, -0.05) is 38.5 Å². The van der Waals surface area contributed by atoms with Gasteiger partial charge in [-0.05, 0) is 58.8 Å². The number of likely N-dealkylation sites (N-methyl/N-ethyl adjacent to an activating group) is 1. The lowest BCUT2D eigenvalue weighted by molar-refractivity contribution is 0.275. The highest BCUT2D eigenvalue weighted by Crippen LogP contribution is 2.28. The van der Waals surface area contributed by atoms with Crippen LogP contribution in [0.2, 0.25) is 0 Å². The van der Waals surface area contributed by atoms with Gasteiger partial charge in [0.05, 0.1) is 0 Å². The van der Waals surface area contributed by atoms with E-state index in [4.69, 9.17) is 4.99 Å². The summed E-state index contributed by atoms with van der Waals surface area (Å²) in [5.74, 6) is 2.03. The van der Waals surface area contributed by atoms with Crippen molar-refractivity contribution in [1.82, 2.24) is 20.4 Å². The molecular weight excluding hydrogens is 449 g/mol. The number of nitrogens with zero attached hydrogens (tertiary/aromatic N) is 3. The molecule has 2 N–H and O–H groups in total. The first-order chi connectivity index (χ1) is 12.8. The highest BCUT2D eigenvalue weighted by Gasteiger charge is 2.14. The van der Waals surface area contributed by atoms with E-state index in [0.29, 0.717) is 0 Å². The molecule has 0 aromatic heterocycles. The predicted molar refractivity (Wildman–Crippen MR) is 128 cm³/mol. The zero-order valence-corrected chi connectivity index (χ0v) is 20.2. The van der Waals surface area contributed by atoms with Gasteiger partial charge in [0.15, 0.2) is 5.96 Å². The van der Waals surface area contributed by atoms with Crippen LogP contribution in [0.25, 0.3) is 0 Å². The van der Waals surface area contributed by atoms with Crippen molar-refractivity contribution in [2.45, 2.75) is 64.7 Å². The second-order valence-electron chi connectivity index (χ2n) is 8.19. The summed E-state index contributed by atoms with van der Waals surface area (Å²) >= 11 is 0. The number of hydrogen-bond donors (Lipinski definition) is 2. The number of aliphatic imine (C=N–C) groups is 1. The van der Waals surface area contributed by atoms with Crippen molar-refractivity contribution in [3.05, 3.63) is 0 Å². The van der Waals surface area contributed by atoms with E-state index in [0.717, 1.165) is 37.9 Å². The molecule has 0 atom stereocenters. The summed E-state index contributed by atoms with van der Waals surface area (Å²) < 4.78 is 0. The van der Waals surface area contributed by atoms with Crippen LogP contribution in [0.3, 0.4) is 0 Å². The molecule has 0 unspecified atom stereocenters. The Balaban J connectivity index is 0.00000364. The summed E-state index contributed by atoms with van der Waals surface area (Å²) in [6, 6.07) is 0. The molecule has 1 aliphatic carbocycles. The van der Waals surface area contributed by atoms with E-state index < -0.39 is 0 Å². The minimum atomic E-state index is 0. The Labute approximate surface area is 185 Å². The molecule has 1 aliphatic heterocycles. The van der Waals surface area contributed by atoms with Crippen molar-refractivity contribution < 1.29 is 0 Å². The van der Waals surface area contributed by atoms with E-state index in [1.807, 2.05) is 0 Å². The van der Waals surface area contributed by atoms with Gasteiger partial charge in [-0.2, -0.15) is 0 Å². The third kappa shape index (κ3) is 11.5. The average Bonchev–Trinajstić information content (AvgIpc) is 3.07. The molecule has 27 heavy (non-hydrogen) atoms. The number of guanidine groups is 1. The second kappa shape index (κ2) is 15.8. The molecule has 0 amide bonds. The molecule has 0 aromatic carbocycles. The highest BCUT2D eigenvalue weighted by molar-refractivity contribution is 14.0. The van der Waals surface area contributed by atoms with Crippen molar-refractivity contribution in [2.24, 2.45) is 10.9 Å². The van der Waals surface area contributed by atoms with Crippen LogP contribution in [0.15, 0.2) is 4.99 Å². The molecule has 5 nitrogen and oxygen atoms in total. The summed E-state index contributed by atoms with van der Waals surface area (Å²) in [7, 11) is 2.23. The van der Waals surface area contributed by atoms with Crippen LogP contribution < -0.4 is 10.6 Å². The smallest absolute Gasteiger partial charge is 0.191 e. The fraction of sp³-hybridized carbons (Fsp3) is 0.952. The molecule has 2 fully saturated rings. The van der Waals surface area contributed by atoms with Crippen molar-refractivity contribution in [1.29, 1.82) is 0 Å². The first-order valence-electron chi connectivity index (χ1n) is 11.2. The first kappa shape index (κ1) is 25.0. The van der Waals surface area contributed by atoms with E-state index in [2.05, 4.69) is 34.4 Å². The van der Waals surface area contributed by atoms with Gasteiger partial charge in [0.1, 0.15) is 0 Å². The fourth-order valence-corrected chi connectivity index (χ4v) is 4.21. The monoisotopic (exact) mass is 493 g/mol. The minimum Gasteiger partial charge on any atom is -0.357 e. The summed E-state index contributed by atoms with van der Waals surface area (Å²) in [4.78, 5) is 9.81. The molecule has 1 heterocycles. The van der Waals surface area contributed by atoms with Crippen LogP contribution in [0, 0.1) is 5.92 Å². The molecule has 0 spiro atoms. The average molecular weight is 494 g/mol. The minimum absolute atomic E-state index is 0. The Kier molecular flexibility index (Phi) is 14.6. The van der Waals surface area contributed by atoms with Crippen LogP contribution in [0.5, 0.6) is 0 Å². The highest BCUT2D eigenvalue weighted by atomic mass is 127. The van der Waals surface area contributed by atoms with Crippen LogP contribution >= 0.6 is 24.0 Å². The molecule has 0 aromatic rings. The molecule has 2 aliphatic rings. The molecule has 160 valence electrons. The van der Waals surface area contributed by atoms with Gasteiger partial charge in [0, 0.05) is 32.7 Å². The van der Waals surface area contributed by atoms with Crippen molar-refractivity contribution in [3.63, 3.8) is 0 Å². The van der Waals surface area contributed by atoms with E-state index >= 15 is 0 Å². The zero-order chi connectivity index (χ0) is 18.5.